The Labute approximate surface area is 256 Å². The first kappa shape index (κ1) is 30.8. The van der Waals surface area contributed by atoms with E-state index in [1.165, 1.54) is 31.4 Å². The largest absolute Gasteiger partial charge is 1.00 e. The molecule has 0 aliphatic rings. The third kappa shape index (κ3) is 6.55. The molecule has 0 atom stereocenters. The van der Waals surface area contributed by atoms with Crippen LogP contribution < -0.4 is 44.7 Å². The molecule has 13 heteroatoms. The fraction of sp³-hybridized carbons (Fsp3) is 0.115. The summed E-state index contributed by atoms with van der Waals surface area (Å²) >= 11 is 12.3. The van der Waals surface area contributed by atoms with E-state index < -0.39 is 26.7 Å². The summed E-state index contributed by atoms with van der Waals surface area (Å²) in [6.45, 7) is 1.69. The number of benzene rings is 4. The van der Waals surface area contributed by atoms with Crippen LogP contribution in [-0.2, 0) is 16.5 Å². The van der Waals surface area contributed by atoms with E-state index in [0.717, 1.165) is 0 Å². The van der Waals surface area contributed by atoms with E-state index in [0.29, 0.717) is 22.2 Å². The number of ether oxygens (including phenoxy) is 1. The van der Waals surface area contributed by atoms with Crippen molar-refractivity contribution in [3.63, 3.8) is 0 Å². The molecule has 1 amide bonds. The van der Waals surface area contributed by atoms with Gasteiger partial charge in [-0.2, -0.15) is 13.5 Å². The van der Waals surface area contributed by atoms with Gasteiger partial charge in [0.1, 0.15) is 16.3 Å². The molecule has 0 saturated heterocycles. The second kappa shape index (κ2) is 12.6. The molecular formula is C26H20Cl2N3NaO6S. The zero-order valence-corrected chi connectivity index (χ0v) is 25.4. The topological polar surface area (TPSA) is 140 Å². The summed E-state index contributed by atoms with van der Waals surface area (Å²) in [6.07, 6.45) is 0.260. The first-order valence-corrected chi connectivity index (χ1v) is 13.3. The number of carbonyl (C=O) groups is 1. The molecule has 4 rings (SSSR count). The average Bonchev–Trinajstić information content (AvgIpc) is 2.87. The number of hydrogen-bond acceptors (Lipinski definition) is 7. The van der Waals surface area contributed by atoms with Gasteiger partial charge >= 0.3 is 29.6 Å². The van der Waals surface area contributed by atoms with Gasteiger partial charge in [0, 0.05) is 16.6 Å². The number of anilines is 1. The zero-order valence-electron chi connectivity index (χ0n) is 21.0. The number of amides is 1. The van der Waals surface area contributed by atoms with Gasteiger partial charge in [0.25, 0.3) is 16.0 Å². The van der Waals surface area contributed by atoms with Crippen molar-refractivity contribution in [3.8, 4) is 11.5 Å². The van der Waals surface area contributed by atoms with Crippen molar-refractivity contribution in [2.24, 2.45) is 10.2 Å². The molecule has 2 N–H and O–H groups in total. The van der Waals surface area contributed by atoms with Crippen molar-refractivity contribution in [3.05, 3.63) is 81.8 Å². The molecule has 0 spiro atoms. The Kier molecular flexibility index (Phi) is 10.0. The van der Waals surface area contributed by atoms with E-state index in [9.17, 15) is 22.9 Å². The molecule has 9 nitrogen and oxygen atoms in total. The molecule has 0 saturated carbocycles. The third-order valence-electron chi connectivity index (χ3n) is 5.68. The summed E-state index contributed by atoms with van der Waals surface area (Å²) in [5.41, 5.74) is -0.158. The summed E-state index contributed by atoms with van der Waals surface area (Å²) in [4.78, 5) is 12.6. The Morgan fingerprint density at radius 2 is 1.72 bits per heavy atom. The van der Waals surface area contributed by atoms with Crippen LogP contribution in [0.5, 0.6) is 11.5 Å². The number of azo groups is 1. The van der Waals surface area contributed by atoms with Crippen molar-refractivity contribution < 1.29 is 57.2 Å². The van der Waals surface area contributed by atoms with Crippen LogP contribution in [0.2, 0.25) is 10.0 Å². The van der Waals surface area contributed by atoms with Gasteiger partial charge in [-0.3, -0.25) is 9.35 Å². The predicted octanol–water partition coefficient (Wildman–Crippen LogP) is 3.71. The van der Waals surface area contributed by atoms with Gasteiger partial charge in [0.05, 0.1) is 22.8 Å². The Bertz CT molecular complexity index is 1710. The van der Waals surface area contributed by atoms with Crippen LogP contribution >= 0.6 is 23.2 Å². The maximum absolute atomic E-state index is 13.4. The van der Waals surface area contributed by atoms with Crippen LogP contribution in [0.3, 0.4) is 0 Å². The minimum Gasteiger partial charge on any atom is -0.870 e. The van der Waals surface area contributed by atoms with Crippen LogP contribution in [0.4, 0.5) is 17.1 Å². The number of halogens is 2. The van der Waals surface area contributed by atoms with Crippen molar-refractivity contribution in [1.82, 2.24) is 0 Å². The predicted molar refractivity (Wildman–Crippen MR) is 144 cm³/mol. The second-order valence-electron chi connectivity index (χ2n) is 8.04. The van der Waals surface area contributed by atoms with Crippen LogP contribution in [0.25, 0.3) is 10.8 Å². The molecule has 0 radical (unpaired) electrons. The number of methoxy groups -OCH3 is 1. The average molecular weight is 596 g/mol. The van der Waals surface area contributed by atoms with Gasteiger partial charge in [-0.25, -0.2) is 0 Å². The molecule has 39 heavy (non-hydrogen) atoms. The number of nitrogens with one attached hydrogen (secondary N) is 1. The van der Waals surface area contributed by atoms with Crippen molar-refractivity contribution in [2.45, 2.75) is 18.2 Å². The maximum Gasteiger partial charge on any atom is 1.00 e. The number of hydrogen-bond donors (Lipinski definition) is 2. The molecule has 196 valence electrons. The molecule has 0 aliphatic carbocycles. The molecule has 0 unspecified atom stereocenters. The Balaban J connectivity index is 0.00000420. The summed E-state index contributed by atoms with van der Waals surface area (Å²) in [5, 5.41) is 25.1. The molecule has 4 aromatic rings. The maximum atomic E-state index is 13.4. The number of carbonyl (C=O) groups excluding carboxylic acids is 1. The Morgan fingerprint density at radius 3 is 2.36 bits per heavy atom. The first-order chi connectivity index (χ1) is 18.0. The second-order valence-corrected chi connectivity index (χ2v) is 10.2. The van der Waals surface area contributed by atoms with E-state index >= 15 is 0 Å². The fourth-order valence-corrected chi connectivity index (χ4v) is 5.32. The first-order valence-electron chi connectivity index (χ1n) is 11.1. The van der Waals surface area contributed by atoms with Crippen LogP contribution in [-0.4, -0.2) is 26.0 Å². The normalized spacial score (nSPS) is 11.4. The van der Waals surface area contributed by atoms with Crippen molar-refractivity contribution in [2.75, 3.05) is 12.4 Å². The molecular weight excluding hydrogens is 576 g/mol. The Morgan fingerprint density at radius 1 is 1.03 bits per heavy atom. The van der Waals surface area contributed by atoms with E-state index in [4.69, 9.17) is 27.9 Å². The molecule has 0 aliphatic heterocycles. The van der Waals surface area contributed by atoms with Crippen LogP contribution in [0.1, 0.15) is 22.8 Å². The molecule has 0 aromatic heterocycles. The van der Waals surface area contributed by atoms with Crippen LogP contribution in [0.15, 0.2) is 75.8 Å². The van der Waals surface area contributed by atoms with E-state index in [2.05, 4.69) is 15.5 Å². The minimum absolute atomic E-state index is 0. The summed E-state index contributed by atoms with van der Waals surface area (Å²) in [5.74, 6) is -1.05. The van der Waals surface area contributed by atoms with Gasteiger partial charge in [0.15, 0.2) is 0 Å². The van der Waals surface area contributed by atoms with E-state index in [-0.39, 0.29) is 68.5 Å². The molecule has 0 fully saturated rings. The molecule has 4 aromatic carbocycles. The van der Waals surface area contributed by atoms with Gasteiger partial charge in [-0.15, -0.1) is 5.11 Å². The number of nitrogens with zero attached hydrogens (tertiary/aromatic N) is 2. The number of rotatable bonds is 7. The third-order valence-corrected chi connectivity index (χ3v) is 7.25. The van der Waals surface area contributed by atoms with Gasteiger partial charge in [0.2, 0.25) is 0 Å². The molecule has 0 bridgehead atoms. The quantitative estimate of drug-likeness (QED) is 0.189. The van der Waals surface area contributed by atoms with Crippen molar-refractivity contribution in [1.29, 1.82) is 0 Å². The monoisotopic (exact) mass is 595 g/mol. The van der Waals surface area contributed by atoms with E-state index in [1.54, 1.807) is 43.3 Å². The summed E-state index contributed by atoms with van der Waals surface area (Å²) < 4.78 is 39.2. The van der Waals surface area contributed by atoms with Gasteiger partial charge in [-0.05, 0) is 47.7 Å². The Hall–Kier alpha value is -2.70. The van der Waals surface area contributed by atoms with Gasteiger partial charge < -0.3 is 15.2 Å². The summed E-state index contributed by atoms with van der Waals surface area (Å²) in [7, 11) is -3.26. The summed E-state index contributed by atoms with van der Waals surface area (Å²) in [6, 6.07) is 15.6. The standard InChI is InChI=1S/C26H21Cl2N3O6S.Na/c1-3-14-8-10-19(27)23(25(14)38(34,35)36)31-30-22-17-7-5-4-6-15(17)12-18(24(22)32)26(33)29-16-9-11-21(37-2)20(28)13-16;/h4-13,32H,3H2,1-2H3,(H,29,33)(H,34,35,36);/q;+1/p-1. The smallest absolute Gasteiger partial charge is 0.870 e. The SMILES string of the molecule is CCc1ccc(Cl)c(N=Nc2c([O-])c(C(=O)Nc3ccc(OC)c(Cl)c3)cc3ccccc23)c1S(=O)(=O)O.[Na+]. The fourth-order valence-electron chi connectivity index (χ4n) is 3.87. The van der Waals surface area contributed by atoms with E-state index in [1.807, 2.05) is 0 Å². The van der Waals surface area contributed by atoms with Gasteiger partial charge in [-0.1, -0.05) is 66.2 Å². The van der Waals surface area contributed by atoms with Crippen molar-refractivity contribution >= 4 is 67.1 Å². The minimum atomic E-state index is -4.72. The number of fused-ring (bicyclic) bond motifs is 1. The number of aryl methyl sites for hydroxylation is 1. The molecule has 0 heterocycles. The van der Waals surface area contributed by atoms with Crippen LogP contribution in [0, 0.1) is 0 Å². The zero-order chi connectivity index (χ0) is 27.6.